The van der Waals surface area contributed by atoms with Gasteiger partial charge >= 0.3 is 5.97 Å². The maximum atomic E-state index is 12.9. The number of hydrogen-bond acceptors (Lipinski definition) is 6. The molecule has 0 fully saturated rings. The molecule has 0 atom stereocenters. The topological polar surface area (TPSA) is 93.2 Å². The molecular weight excluding hydrogens is 375 g/mol. The molecule has 1 amide bonds. The molecule has 3 aromatic rings. The summed E-state index contributed by atoms with van der Waals surface area (Å²) in [5, 5.41) is 5.78. The van der Waals surface area contributed by atoms with Gasteiger partial charge in [-0.05, 0) is 48.9 Å². The number of rotatable bonds is 7. The normalized spacial score (nSPS) is 10.3. The Hall–Kier alpha value is -3.81. The van der Waals surface area contributed by atoms with Gasteiger partial charge in [-0.2, -0.15) is 0 Å². The number of nitrogens with zero attached hydrogens (tertiary/aromatic N) is 2. The van der Waals surface area contributed by atoms with E-state index in [9.17, 15) is 14.0 Å². The van der Waals surface area contributed by atoms with Crippen LogP contribution >= 0.6 is 0 Å². The molecule has 0 radical (unpaired) electrons. The predicted octanol–water partition coefficient (Wildman–Crippen LogP) is 3.47. The first-order chi connectivity index (χ1) is 14.0. The van der Waals surface area contributed by atoms with Crippen molar-refractivity contribution < 1.29 is 18.7 Å². The Labute approximate surface area is 167 Å². The molecule has 3 rings (SSSR count). The van der Waals surface area contributed by atoms with Crippen molar-refractivity contribution in [1.29, 1.82) is 0 Å². The van der Waals surface area contributed by atoms with Crippen molar-refractivity contribution in [3.8, 4) is 0 Å². The van der Waals surface area contributed by atoms with Crippen LogP contribution in [-0.2, 0) is 11.3 Å². The summed E-state index contributed by atoms with van der Waals surface area (Å²) in [5.74, 6) is -0.670. The lowest BCUT2D eigenvalue weighted by Crippen LogP contribution is -2.24. The predicted molar refractivity (Wildman–Crippen MR) is 105 cm³/mol. The van der Waals surface area contributed by atoms with E-state index in [-0.39, 0.29) is 29.9 Å². The molecule has 7 nitrogen and oxygen atoms in total. The third-order valence-corrected chi connectivity index (χ3v) is 3.93. The summed E-state index contributed by atoms with van der Waals surface area (Å²) in [6.07, 6.45) is 1.28. The SMILES string of the molecule is CCOC(=O)c1ccc(Nc2cc(C(=O)NCc3ccc(F)cc3)ncn2)cc1. The van der Waals surface area contributed by atoms with Gasteiger partial charge in [-0.15, -0.1) is 0 Å². The van der Waals surface area contributed by atoms with E-state index in [0.717, 1.165) is 5.56 Å². The molecule has 0 saturated heterocycles. The number of carbonyl (C=O) groups is 2. The van der Waals surface area contributed by atoms with Crippen molar-refractivity contribution in [2.45, 2.75) is 13.5 Å². The number of halogens is 1. The number of amides is 1. The van der Waals surface area contributed by atoms with Gasteiger partial charge in [-0.25, -0.2) is 19.2 Å². The first-order valence-corrected chi connectivity index (χ1v) is 8.94. The Morgan fingerprint density at radius 3 is 2.45 bits per heavy atom. The van der Waals surface area contributed by atoms with Crippen LogP contribution in [-0.4, -0.2) is 28.5 Å². The molecule has 148 valence electrons. The Kier molecular flexibility index (Phi) is 6.47. The fourth-order valence-electron chi connectivity index (χ4n) is 2.48. The second-order valence-electron chi connectivity index (χ2n) is 6.02. The fourth-order valence-corrected chi connectivity index (χ4v) is 2.48. The molecule has 0 aliphatic rings. The Balaban J connectivity index is 1.62. The van der Waals surface area contributed by atoms with Crippen LogP contribution in [0, 0.1) is 5.82 Å². The minimum atomic E-state index is -0.388. The van der Waals surface area contributed by atoms with Gasteiger partial charge in [-0.1, -0.05) is 12.1 Å². The highest BCUT2D eigenvalue weighted by atomic mass is 19.1. The molecule has 8 heteroatoms. The lowest BCUT2D eigenvalue weighted by atomic mass is 10.2. The third kappa shape index (κ3) is 5.58. The molecular formula is C21H19FN4O3. The zero-order valence-corrected chi connectivity index (χ0v) is 15.7. The molecule has 0 aliphatic heterocycles. The second kappa shape index (κ2) is 9.41. The van der Waals surface area contributed by atoms with Crippen LogP contribution in [0.3, 0.4) is 0 Å². The van der Waals surface area contributed by atoms with Gasteiger partial charge in [0.2, 0.25) is 0 Å². The van der Waals surface area contributed by atoms with E-state index < -0.39 is 0 Å². The molecule has 0 unspecified atom stereocenters. The van der Waals surface area contributed by atoms with Crippen LogP contribution in [0.5, 0.6) is 0 Å². The number of esters is 1. The number of anilines is 2. The van der Waals surface area contributed by atoms with Gasteiger partial charge in [0.25, 0.3) is 5.91 Å². The van der Waals surface area contributed by atoms with Gasteiger partial charge in [0.1, 0.15) is 23.7 Å². The maximum Gasteiger partial charge on any atom is 0.338 e. The van der Waals surface area contributed by atoms with E-state index in [2.05, 4.69) is 20.6 Å². The number of nitrogens with one attached hydrogen (secondary N) is 2. The van der Waals surface area contributed by atoms with E-state index in [0.29, 0.717) is 23.7 Å². The van der Waals surface area contributed by atoms with E-state index in [1.54, 1.807) is 43.3 Å². The van der Waals surface area contributed by atoms with Crippen molar-refractivity contribution in [3.63, 3.8) is 0 Å². The first kappa shape index (κ1) is 19.9. The summed E-state index contributed by atoms with van der Waals surface area (Å²) in [6, 6.07) is 14.1. The van der Waals surface area contributed by atoms with E-state index >= 15 is 0 Å². The van der Waals surface area contributed by atoms with Crippen LogP contribution in [0.25, 0.3) is 0 Å². The second-order valence-corrected chi connectivity index (χ2v) is 6.02. The van der Waals surface area contributed by atoms with Gasteiger partial charge in [0.15, 0.2) is 0 Å². The number of hydrogen-bond donors (Lipinski definition) is 2. The van der Waals surface area contributed by atoms with Gasteiger partial charge < -0.3 is 15.4 Å². The fraction of sp³-hybridized carbons (Fsp3) is 0.143. The minimum absolute atomic E-state index is 0.188. The number of carbonyl (C=O) groups excluding carboxylic acids is 2. The number of ether oxygens (including phenoxy) is 1. The molecule has 1 aromatic heterocycles. The van der Waals surface area contributed by atoms with Gasteiger partial charge in [0.05, 0.1) is 12.2 Å². The average Bonchev–Trinajstić information content (AvgIpc) is 2.74. The van der Waals surface area contributed by atoms with Crippen molar-refractivity contribution in [3.05, 3.63) is 83.6 Å². The van der Waals surface area contributed by atoms with E-state index in [1.165, 1.54) is 24.5 Å². The van der Waals surface area contributed by atoms with Crippen molar-refractivity contribution in [1.82, 2.24) is 15.3 Å². The Bertz CT molecular complexity index is 992. The molecule has 1 heterocycles. The largest absolute Gasteiger partial charge is 0.462 e. The quantitative estimate of drug-likeness (QED) is 0.596. The lowest BCUT2D eigenvalue weighted by Gasteiger charge is -2.08. The van der Waals surface area contributed by atoms with Crippen molar-refractivity contribution in [2.75, 3.05) is 11.9 Å². The standard InChI is InChI=1S/C21H19FN4O3/c1-2-29-21(28)15-5-9-17(10-6-15)26-19-11-18(24-13-25-19)20(27)23-12-14-3-7-16(22)8-4-14/h3-11,13H,2,12H2,1H3,(H,23,27)(H,24,25,26). The summed E-state index contributed by atoms with van der Waals surface area (Å²) in [6.45, 7) is 2.31. The van der Waals surface area contributed by atoms with Crippen molar-refractivity contribution in [2.24, 2.45) is 0 Å². The highest BCUT2D eigenvalue weighted by molar-refractivity contribution is 5.93. The van der Waals surface area contributed by atoms with Crippen LogP contribution in [0.1, 0.15) is 33.3 Å². The molecule has 0 aliphatic carbocycles. The molecule has 2 aromatic carbocycles. The number of benzene rings is 2. The summed E-state index contributed by atoms with van der Waals surface area (Å²) in [5.41, 5.74) is 2.09. The van der Waals surface area contributed by atoms with Crippen molar-refractivity contribution >= 4 is 23.4 Å². The van der Waals surface area contributed by atoms with Crippen LogP contribution in [0.15, 0.2) is 60.9 Å². The van der Waals surface area contributed by atoms with Crippen LogP contribution in [0.2, 0.25) is 0 Å². The van der Waals surface area contributed by atoms with Gasteiger partial charge in [-0.3, -0.25) is 4.79 Å². The summed E-state index contributed by atoms with van der Waals surface area (Å²) in [7, 11) is 0. The smallest absolute Gasteiger partial charge is 0.338 e. The zero-order valence-electron chi connectivity index (χ0n) is 15.7. The maximum absolute atomic E-state index is 12.9. The highest BCUT2D eigenvalue weighted by Gasteiger charge is 2.10. The molecule has 2 N–H and O–H groups in total. The zero-order chi connectivity index (χ0) is 20.6. The first-order valence-electron chi connectivity index (χ1n) is 8.94. The van der Waals surface area contributed by atoms with E-state index in [4.69, 9.17) is 4.74 Å². The van der Waals surface area contributed by atoms with E-state index in [1.807, 2.05) is 0 Å². The molecule has 0 saturated carbocycles. The average molecular weight is 394 g/mol. The Morgan fingerprint density at radius 1 is 1.03 bits per heavy atom. The Morgan fingerprint density at radius 2 is 1.76 bits per heavy atom. The minimum Gasteiger partial charge on any atom is -0.462 e. The highest BCUT2D eigenvalue weighted by Crippen LogP contribution is 2.16. The molecule has 0 spiro atoms. The summed E-state index contributed by atoms with van der Waals surface area (Å²) < 4.78 is 17.9. The molecule has 0 bridgehead atoms. The van der Waals surface area contributed by atoms with Gasteiger partial charge in [0, 0.05) is 18.3 Å². The molecule has 29 heavy (non-hydrogen) atoms. The van der Waals surface area contributed by atoms with Crippen LogP contribution in [0.4, 0.5) is 15.9 Å². The summed E-state index contributed by atoms with van der Waals surface area (Å²) >= 11 is 0. The van der Waals surface area contributed by atoms with Crippen LogP contribution < -0.4 is 10.6 Å². The third-order valence-electron chi connectivity index (χ3n) is 3.93. The number of aromatic nitrogens is 2. The monoisotopic (exact) mass is 394 g/mol. The lowest BCUT2D eigenvalue weighted by molar-refractivity contribution is 0.0526. The summed E-state index contributed by atoms with van der Waals surface area (Å²) in [4.78, 5) is 32.1.